The van der Waals surface area contributed by atoms with Crippen molar-refractivity contribution in [3.8, 4) is 17.2 Å². The summed E-state index contributed by atoms with van der Waals surface area (Å²) in [6.07, 6.45) is 6.85. The molecule has 116 valence electrons. The van der Waals surface area contributed by atoms with Crippen molar-refractivity contribution in [3.63, 3.8) is 0 Å². The van der Waals surface area contributed by atoms with E-state index in [0.717, 1.165) is 47.8 Å². The maximum absolute atomic E-state index is 11.2. The van der Waals surface area contributed by atoms with Crippen LogP contribution in [-0.2, 0) is 11.2 Å². The molecule has 0 N–H and O–H groups in total. The van der Waals surface area contributed by atoms with Gasteiger partial charge in [0.15, 0.2) is 0 Å². The third kappa shape index (κ3) is 4.66. The second-order valence-electron chi connectivity index (χ2n) is 5.57. The number of nitriles is 1. The SMILES string of the molecule is CCCC/C=C(/C=O)Cc1ccc(-c2ccccc2C#N)cc1. The van der Waals surface area contributed by atoms with E-state index in [0.29, 0.717) is 12.0 Å². The van der Waals surface area contributed by atoms with Crippen LogP contribution in [0.4, 0.5) is 0 Å². The molecule has 2 aromatic carbocycles. The molecule has 2 rings (SSSR count). The average Bonchev–Trinajstić information content (AvgIpc) is 2.61. The van der Waals surface area contributed by atoms with Crippen molar-refractivity contribution in [2.75, 3.05) is 0 Å². The molecule has 0 fully saturated rings. The molecule has 0 aromatic heterocycles. The summed E-state index contributed by atoms with van der Waals surface area (Å²) < 4.78 is 0. The van der Waals surface area contributed by atoms with E-state index in [1.54, 1.807) is 0 Å². The molecule has 0 aliphatic carbocycles. The first-order chi connectivity index (χ1) is 11.3. The molecule has 0 saturated carbocycles. The molecule has 2 aromatic rings. The third-order valence-electron chi connectivity index (χ3n) is 3.84. The number of carbonyl (C=O) groups excluding carboxylic acids is 1. The highest BCUT2D eigenvalue weighted by Crippen LogP contribution is 2.24. The predicted molar refractivity (Wildman–Crippen MR) is 94.0 cm³/mol. The largest absolute Gasteiger partial charge is 0.298 e. The number of carbonyl (C=O) groups is 1. The summed E-state index contributed by atoms with van der Waals surface area (Å²) in [5.41, 5.74) is 4.58. The fraction of sp³-hybridized carbons (Fsp3) is 0.238. The Kier molecular flexibility index (Phi) is 6.32. The van der Waals surface area contributed by atoms with Gasteiger partial charge in [-0.15, -0.1) is 0 Å². The molecule has 23 heavy (non-hydrogen) atoms. The van der Waals surface area contributed by atoms with Gasteiger partial charge in [0.25, 0.3) is 0 Å². The molecule has 0 spiro atoms. The quantitative estimate of drug-likeness (QED) is 0.406. The number of rotatable bonds is 7. The predicted octanol–water partition coefficient (Wildman–Crippen LogP) is 5.08. The Labute approximate surface area is 138 Å². The van der Waals surface area contributed by atoms with Gasteiger partial charge >= 0.3 is 0 Å². The van der Waals surface area contributed by atoms with E-state index in [1.807, 2.05) is 54.6 Å². The van der Waals surface area contributed by atoms with Crippen molar-refractivity contribution in [3.05, 3.63) is 71.3 Å². The molecular weight excluding hydrogens is 282 g/mol. The summed E-state index contributed by atoms with van der Waals surface area (Å²) in [7, 11) is 0. The maximum atomic E-state index is 11.2. The van der Waals surface area contributed by atoms with Gasteiger partial charge in [-0.1, -0.05) is 68.3 Å². The van der Waals surface area contributed by atoms with Gasteiger partial charge in [-0.05, 0) is 34.8 Å². The minimum absolute atomic E-state index is 0.660. The van der Waals surface area contributed by atoms with E-state index in [9.17, 15) is 10.1 Å². The number of hydrogen-bond donors (Lipinski definition) is 0. The first-order valence-electron chi connectivity index (χ1n) is 8.01. The zero-order chi connectivity index (χ0) is 16.5. The average molecular weight is 303 g/mol. The van der Waals surface area contributed by atoms with Crippen molar-refractivity contribution in [1.82, 2.24) is 0 Å². The zero-order valence-electron chi connectivity index (χ0n) is 13.5. The lowest BCUT2D eigenvalue weighted by atomic mass is 9.97. The normalized spacial score (nSPS) is 11.0. The van der Waals surface area contributed by atoms with E-state index >= 15 is 0 Å². The van der Waals surface area contributed by atoms with Crippen LogP contribution in [0.1, 0.15) is 37.3 Å². The molecule has 0 aliphatic heterocycles. The van der Waals surface area contributed by atoms with Gasteiger partial charge < -0.3 is 0 Å². The van der Waals surface area contributed by atoms with Crippen LogP contribution in [0.2, 0.25) is 0 Å². The fourth-order valence-corrected chi connectivity index (χ4v) is 2.52. The molecule has 2 nitrogen and oxygen atoms in total. The highest BCUT2D eigenvalue weighted by molar-refractivity contribution is 5.74. The molecule has 0 bridgehead atoms. The van der Waals surface area contributed by atoms with Gasteiger partial charge in [-0.25, -0.2) is 0 Å². The van der Waals surface area contributed by atoms with Crippen LogP contribution >= 0.6 is 0 Å². The molecule has 0 radical (unpaired) electrons. The molecule has 2 heteroatoms. The number of nitrogens with zero attached hydrogens (tertiary/aromatic N) is 1. The van der Waals surface area contributed by atoms with Crippen LogP contribution in [0, 0.1) is 11.3 Å². The Morgan fingerprint density at radius 3 is 2.52 bits per heavy atom. The fourth-order valence-electron chi connectivity index (χ4n) is 2.52. The molecule has 0 heterocycles. The Balaban J connectivity index is 2.15. The van der Waals surface area contributed by atoms with Crippen molar-refractivity contribution < 1.29 is 4.79 Å². The van der Waals surface area contributed by atoms with Gasteiger partial charge in [0, 0.05) is 6.42 Å². The number of allylic oxidation sites excluding steroid dienone is 2. The van der Waals surface area contributed by atoms with E-state index in [4.69, 9.17) is 0 Å². The number of unbranched alkanes of at least 4 members (excludes halogenated alkanes) is 2. The highest BCUT2D eigenvalue weighted by atomic mass is 16.1. The number of aldehydes is 1. The smallest absolute Gasteiger partial charge is 0.146 e. The number of hydrogen-bond acceptors (Lipinski definition) is 2. The Bertz CT molecular complexity index is 720. The van der Waals surface area contributed by atoms with Gasteiger partial charge in [-0.3, -0.25) is 4.79 Å². The van der Waals surface area contributed by atoms with Crippen molar-refractivity contribution in [1.29, 1.82) is 5.26 Å². The number of benzene rings is 2. The van der Waals surface area contributed by atoms with Crippen molar-refractivity contribution in [2.24, 2.45) is 0 Å². The van der Waals surface area contributed by atoms with Gasteiger partial charge in [0.1, 0.15) is 6.29 Å². The maximum Gasteiger partial charge on any atom is 0.146 e. The summed E-state index contributed by atoms with van der Waals surface area (Å²) >= 11 is 0. The second kappa shape index (κ2) is 8.70. The lowest BCUT2D eigenvalue weighted by molar-refractivity contribution is -0.105. The summed E-state index contributed by atoms with van der Waals surface area (Å²) in [6.45, 7) is 2.15. The molecule has 0 aliphatic rings. The topological polar surface area (TPSA) is 40.9 Å². The highest BCUT2D eigenvalue weighted by Gasteiger charge is 2.04. The van der Waals surface area contributed by atoms with E-state index in [1.165, 1.54) is 0 Å². The summed E-state index contributed by atoms with van der Waals surface area (Å²) in [5, 5.41) is 9.19. The van der Waals surface area contributed by atoms with Crippen LogP contribution in [-0.4, -0.2) is 6.29 Å². The molecule has 0 saturated heterocycles. The molecule has 0 atom stereocenters. The summed E-state index contributed by atoms with van der Waals surface area (Å²) in [5.74, 6) is 0. The van der Waals surface area contributed by atoms with Crippen LogP contribution in [0.3, 0.4) is 0 Å². The molecule has 0 unspecified atom stereocenters. The van der Waals surface area contributed by atoms with Gasteiger partial charge in [-0.2, -0.15) is 5.26 Å². The van der Waals surface area contributed by atoms with Crippen LogP contribution in [0.15, 0.2) is 60.2 Å². The Morgan fingerprint density at radius 1 is 1.13 bits per heavy atom. The van der Waals surface area contributed by atoms with Crippen LogP contribution in [0.25, 0.3) is 11.1 Å². The lowest BCUT2D eigenvalue weighted by Crippen LogP contribution is -1.93. The minimum atomic E-state index is 0.660. The zero-order valence-corrected chi connectivity index (χ0v) is 13.5. The minimum Gasteiger partial charge on any atom is -0.298 e. The van der Waals surface area contributed by atoms with Crippen molar-refractivity contribution >= 4 is 6.29 Å². The molecule has 0 amide bonds. The Morgan fingerprint density at radius 2 is 1.87 bits per heavy atom. The monoisotopic (exact) mass is 303 g/mol. The Hall–Kier alpha value is -2.66. The molecular formula is C21H21NO. The lowest BCUT2D eigenvalue weighted by Gasteiger charge is -2.06. The first kappa shape index (κ1) is 16.7. The standard InChI is InChI=1S/C21H21NO/c1-2-3-4-7-18(16-23)14-17-10-12-19(13-11-17)21-9-6-5-8-20(21)15-22/h5-13,16H,2-4,14H2,1H3/b18-7+. The van der Waals surface area contributed by atoms with Crippen LogP contribution in [0.5, 0.6) is 0 Å². The van der Waals surface area contributed by atoms with E-state index < -0.39 is 0 Å². The summed E-state index contributed by atoms with van der Waals surface area (Å²) in [6, 6.07) is 17.9. The van der Waals surface area contributed by atoms with Crippen molar-refractivity contribution in [2.45, 2.75) is 32.6 Å². The van der Waals surface area contributed by atoms with E-state index in [2.05, 4.69) is 13.0 Å². The summed E-state index contributed by atoms with van der Waals surface area (Å²) in [4.78, 5) is 11.2. The second-order valence-corrected chi connectivity index (χ2v) is 5.57. The third-order valence-corrected chi connectivity index (χ3v) is 3.84. The van der Waals surface area contributed by atoms with Gasteiger partial charge in [0.2, 0.25) is 0 Å². The van der Waals surface area contributed by atoms with Crippen LogP contribution < -0.4 is 0 Å². The first-order valence-corrected chi connectivity index (χ1v) is 8.01. The van der Waals surface area contributed by atoms with Gasteiger partial charge in [0.05, 0.1) is 11.6 Å². The van der Waals surface area contributed by atoms with E-state index in [-0.39, 0.29) is 0 Å².